The lowest BCUT2D eigenvalue weighted by Gasteiger charge is -2.42. The monoisotopic (exact) mass is 284 g/mol. The van der Waals surface area contributed by atoms with Crippen LogP contribution in [0.5, 0.6) is 0 Å². The summed E-state index contributed by atoms with van der Waals surface area (Å²) in [6.45, 7) is 1.87. The molecule has 112 valence electrons. The van der Waals surface area contributed by atoms with Crippen LogP contribution < -0.4 is 0 Å². The van der Waals surface area contributed by atoms with Crippen molar-refractivity contribution in [3.63, 3.8) is 0 Å². The van der Waals surface area contributed by atoms with Gasteiger partial charge in [-0.2, -0.15) is 5.26 Å². The highest BCUT2D eigenvalue weighted by atomic mass is 16.3. The van der Waals surface area contributed by atoms with Crippen LogP contribution in [0.1, 0.15) is 43.6 Å². The number of hydrogen-bond acceptors (Lipinski definition) is 3. The van der Waals surface area contributed by atoms with Gasteiger partial charge in [-0.25, -0.2) is 0 Å². The second-order valence-corrected chi connectivity index (χ2v) is 6.49. The lowest BCUT2D eigenvalue weighted by atomic mass is 9.75. The zero-order valence-electron chi connectivity index (χ0n) is 12.5. The van der Waals surface area contributed by atoms with E-state index in [2.05, 4.69) is 41.3 Å². The van der Waals surface area contributed by atoms with Gasteiger partial charge in [0.1, 0.15) is 0 Å². The molecule has 1 aliphatic carbocycles. The Morgan fingerprint density at radius 1 is 1.05 bits per heavy atom. The van der Waals surface area contributed by atoms with Gasteiger partial charge in [0.2, 0.25) is 0 Å². The first-order chi connectivity index (χ1) is 10.3. The Hall–Kier alpha value is -1.37. The molecule has 1 N–H and O–H groups in total. The molecule has 21 heavy (non-hydrogen) atoms. The van der Waals surface area contributed by atoms with Crippen molar-refractivity contribution in [2.45, 2.75) is 50.2 Å². The Labute approximate surface area is 127 Å². The zero-order valence-corrected chi connectivity index (χ0v) is 12.5. The van der Waals surface area contributed by atoms with Crippen molar-refractivity contribution in [1.82, 2.24) is 4.90 Å². The van der Waals surface area contributed by atoms with Crippen LogP contribution in [0.3, 0.4) is 0 Å². The normalized spacial score (nSPS) is 31.7. The van der Waals surface area contributed by atoms with E-state index in [1.165, 1.54) is 5.56 Å². The maximum atomic E-state index is 9.69. The predicted octanol–water partition coefficient (Wildman–Crippen LogP) is 2.92. The van der Waals surface area contributed by atoms with Gasteiger partial charge in [0, 0.05) is 19.1 Å². The predicted molar refractivity (Wildman–Crippen MR) is 82.7 cm³/mol. The fourth-order valence-corrected chi connectivity index (χ4v) is 3.95. The van der Waals surface area contributed by atoms with Crippen molar-refractivity contribution in [1.29, 1.82) is 5.26 Å². The minimum atomic E-state index is -0.143. The Bertz CT molecular complexity index is 488. The Morgan fingerprint density at radius 3 is 2.43 bits per heavy atom. The largest absolute Gasteiger partial charge is 0.393 e. The van der Waals surface area contributed by atoms with Gasteiger partial charge in [0.15, 0.2) is 0 Å². The molecule has 1 aromatic rings. The van der Waals surface area contributed by atoms with Crippen molar-refractivity contribution in [2.75, 3.05) is 13.1 Å². The van der Waals surface area contributed by atoms with Crippen LogP contribution in [-0.4, -0.2) is 35.2 Å². The number of likely N-dealkylation sites (tertiary alicyclic amines) is 1. The minimum Gasteiger partial charge on any atom is -0.393 e. The number of aliphatic hydroxyl groups is 1. The van der Waals surface area contributed by atoms with Crippen molar-refractivity contribution in [3.8, 4) is 6.07 Å². The van der Waals surface area contributed by atoms with E-state index in [0.29, 0.717) is 12.0 Å². The molecule has 0 spiro atoms. The molecular weight excluding hydrogens is 260 g/mol. The van der Waals surface area contributed by atoms with Gasteiger partial charge in [0.25, 0.3) is 0 Å². The molecule has 3 rings (SSSR count). The standard InChI is InChI=1S/C18H24N2O/c19-13-16-7-6-15(14-4-2-1-3-5-14)12-18(16)20-10-8-17(21)9-11-20/h1-5,15-18,21H,6-12H2. The number of piperidine rings is 1. The van der Waals surface area contributed by atoms with Crippen molar-refractivity contribution >= 4 is 0 Å². The smallest absolute Gasteiger partial charge is 0.0672 e. The summed E-state index contributed by atoms with van der Waals surface area (Å²) in [5.74, 6) is 0.729. The van der Waals surface area contributed by atoms with Gasteiger partial charge < -0.3 is 5.11 Å². The van der Waals surface area contributed by atoms with Gasteiger partial charge >= 0.3 is 0 Å². The second-order valence-electron chi connectivity index (χ2n) is 6.49. The van der Waals surface area contributed by atoms with Crippen LogP contribution in [0.4, 0.5) is 0 Å². The minimum absolute atomic E-state index is 0.143. The van der Waals surface area contributed by atoms with E-state index in [1.54, 1.807) is 0 Å². The molecule has 2 fully saturated rings. The lowest BCUT2D eigenvalue weighted by molar-refractivity contribution is 0.0365. The maximum Gasteiger partial charge on any atom is 0.0672 e. The summed E-state index contributed by atoms with van der Waals surface area (Å²) in [4.78, 5) is 2.45. The third-order valence-corrected chi connectivity index (χ3v) is 5.22. The van der Waals surface area contributed by atoms with Crippen LogP contribution >= 0.6 is 0 Å². The Morgan fingerprint density at radius 2 is 1.76 bits per heavy atom. The zero-order chi connectivity index (χ0) is 14.7. The highest BCUT2D eigenvalue weighted by molar-refractivity contribution is 5.21. The quantitative estimate of drug-likeness (QED) is 0.908. The molecule has 3 nitrogen and oxygen atoms in total. The first kappa shape index (κ1) is 14.6. The molecule has 1 aliphatic heterocycles. The van der Waals surface area contributed by atoms with E-state index >= 15 is 0 Å². The lowest BCUT2D eigenvalue weighted by Crippen LogP contribution is -2.48. The third-order valence-electron chi connectivity index (χ3n) is 5.22. The topological polar surface area (TPSA) is 47.3 Å². The van der Waals surface area contributed by atoms with Gasteiger partial charge in [-0.3, -0.25) is 4.90 Å². The molecule has 0 bridgehead atoms. The SMILES string of the molecule is N#CC1CCC(c2ccccc2)CC1N1CCC(O)CC1. The van der Waals surface area contributed by atoms with Crippen LogP contribution in [-0.2, 0) is 0 Å². The fourth-order valence-electron chi connectivity index (χ4n) is 3.95. The van der Waals surface area contributed by atoms with Crippen molar-refractivity contribution < 1.29 is 5.11 Å². The molecule has 1 saturated carbocycles. The van der Waals surface area contributed by atoms with E-state index in [4.69, 9.17) is 0 Å². The molecule has 1 aromatic carbocycles. The molecule has 1 saturated heterocycles. The number of aliphatic hydroxyl groups excluding tert-OH is 1. The van der Waals surface area contributed by atoms with Crippen LogP contribution in [0.2, 0.25) is 0 Å². The van der Waals surface area contributed by atoms with Crippen molar-refractivity contribution in [2.24, 2.45) is 5.92 Å². The summed E-state index contributed by atoms with van der Waals surface area (Å²) in [6.07, 6.45) is 4.76. The summed E-state index contributed by atoms with van der Waals surface area (Å²) >= 11 is 0. The number of benzene rings is 1. The summed E-state index contributed by atoms with van der Waals surface area (Å²) in [5, 5.41) is 19.2. The Kier molecular flexibility index (Phi) is 4.57. The molecular formula is C18H24N2O. The molecule has 0 aromatic heterocycles. The molecule has 1 heterocycles. The van der Waals surface area contributed by atoms with Crippen LogP contribution in [0.15, 0.2) is 30.3 Å². The summed E-state index contributed by atoms with van der Waals surface area (Å²) in [5.41, 5.74) is 1.41. The first-order valence-corrected chi connectivity index (χ1v) is 8.14. The molecule has 0 radical (unpaired) electrons. The van der Waals surface area contributed by atoms with E-state index in [-0.39, 0.29) is 12.0 Å². The third kappa shape index (κ3) is 3.28. The number of nitrogens with zero attached hydrogens (tertiary/aromatic N) is 2. The van der Waals surface area contributed by atoms with Gasteiger partial charge in [-0.05, 0) is 43.6 Å². The first-order valence-electron chi connectivity index (χ1n) is 8.14. The summed E-state index contributed by atoms with van der Waals surface area (Å²) in [6, 6.07) is 13.6. The second kappa shape index (κ2) is 6.60. The average molecular weight is 284 g/mol. The van der Waals surface area contributed by atoms with Crippen LogP contribution in [0, 0.1) is 17.2 Å². The van der Waals surface area contributed by atoms with Gasteiger partial charge in [0.05, 0.1) is 18.1 Å². The van der Waals surface area contributed by atoms with Crippen LogP contribution in [0.25, 0.3) is 0 Å². The Balaban J connectivity index is 1.72. The highest BCUT2D eigenvalue weighted by Gasteiger charge is 2.36. The van der Waals surface area contributed by atoms with Crippen molar-refractivity contribution in [3.05, 3.63) is 35.9 Å². The summed E-state index contributed by atoms with van der Waals surface area (Å²) < 4.78 is 0. The number of hydrogen-bond donors (Lipinski definition) is 1. The van der Waals surface area contributed by atoms with Gasteiger partial charge in [-0.15, -0.1) is 0 Å². The molecule has 2 aliphatic rings. The summed E-state index contributed by atoms with van der Waals surface area (Å²) in [7, 11) is 0. The van der Waals surface area contributed by atoms with Gasteiger partial charge in [-0.1, -0.05) is 30.3 Å². The fraction of sp³-hybridized carbons (Fsp3) is 0.611. The molecule has 0 amide bonds. The van der Waals surface area contributed by atoms with E-state index in [1.807, 2.05) is 0 Å². The number of rotatable bonds is 2. The maximum absolute atomic E-state index is 9.69. The molecule has 3 unspecified atom stereocenters. The van der Waals surface area contributed by atoms with E-state index in [0.717, 1.165) is 45.2 Å². The van der Waals surface area contributed by atoms with E-state index < -0.39 is 0 Å². The van der Waals surface area contributed by atoms with E-state index in [9.17, 15) is 10.4 Å². The number of nitriles is 1. The molecule has 3 atom stereocenters. The molecule has 3 heteroatoms. The highest BCUT2D eigenvalue weighted by Crippen LogP contribution is 2.38. The average Bonchev–Trinajstić information content (AvgIpc) is 2.56.